The van der Waals surface area contributed by atoms with E-state index in [0.29, 0.717) is 17.2 Å². The average Bonchev–Trinajstić information content (AvgIpc) is 2.71. The van der Waals surface area contributed by atoms with Crippen LogP contribution in [0.5, 0.6) is 11.5 Å². The largest absolute Gasteiger partial charge is 0.493 e. The smallest absolute Gasteiger partial charge is 0.248 e. The number of sulfonamides is 1. The third-order valence-electron chi connectivity index (χ3n) is 3.68. The molecule has 8 heteroatoms. The number of nitrogens with one attached hydrogen (secondary N) is 2. The molecule has 2 aromatic carbocycles. The Balaban J connectivity index is 2.03. The van der Waals surface area contributed by atoms with Gasteiger partial charge in [-0.3, -0.25) is 4.79 Å². The Kier molecular flexibility index (Phi) is 7.36. The van der Waals surface area contributed by atoms with Crippen molar-refractivity contribution < 1.29 is 22.7 Å². The highest BCUT2D eigenvalue weighted by Gasteiger charge is 2.12. The standard InChI is InChI=1S/C20H22N2O5S/c1-4-13-21-28(24,25)17-9-7-16(8-10-17)22-20(23)12-6-15-5-11-18(26-2)19(14-15)27-3/h4-12,14,21H,1,13H2,2-3H3,(H,22,23). The van der Waals surface area contributed by atoms with Crippen molar-refractivity contribution in [2.45, 2.75) is 4.90 Å². The molecule has 1 amide bonds. The fourth-order valence-electron chi connectivity index (χ4n) is 2.28. The van der Waals surface area contributed by atoms with Gasteiger partial charge in [-0.05, 0) is 48.0 Å². The van der Waals surface area contributed by atoms with Crippen LogP contribution in [0.25, 0.3) is 6.08 Å². The molecule has 0 bridgehead atoms. The minimum Gasteiger partial charge on any atom is -0.493 e. The lowest BCUT2D eigenvalue weighted by Crippen LogP contribution is -2.23. The first-order chi connectivity index (χ1) is 13.4. The zero-order valence-corrected chi connectivity index (χ0v) is 16.5. The van der Waals surface area contributed by atoms with Crippen LogP contribution in [0.2, 0.25) is 0 Å². The number of hydrogen-bond acceptors (Lipinski definition) is 5. The van der Waals surface area contributed by atoms with Crippen molar-refractivity contribution in [1.29, 1.82) is 0 Å². The summed E-state index contributed by atoms with van der Waals surface area (Å²) in [5, 5.41) is 2.67. The number of hydrogen-bond donors (Lipinski definition) is 2. The quantitative estimate of drug-likeness (QED) is 0.497. The maximum atomic E-state index is 12.1. The number of ether oxygens (including phenoxy) is 2. The van der Waals surface area contributed by atoms with Crippen molar-refractivity contribution in [3.63, 3.8) is 0 Å². The normalized spacial score (nSPS) is 11.2. The van der Waals surface area contributed by atoms with E-state index in [0.717, 1.165) is 5.56 Å². The van der Waals surface area contributed by atoms with Crippen molar-refractivity contribution in [3.8, 4) is 11.5 Å². The Bertz CT molecular complexity index is 967. The molecule has 0 unspecified atom stereocenters. The molecule has 0 heterocycles. The Hall–Kier alpha value is -3.10. The van der Waals surface area contributed by atoms with E-state index in [4.69, 9.17) is 9.47 Å². The number of rotatable bonds is 9. The zero-order valence-electron chi connectivity index (χ0n) is 15.6. The van der Waals surface area contributed by atoms with Crippen LogP contribution in [0, 0.1) is 0 Å². The topological polar surface area (TPSA) is 93.7 Å². The fraction of sp³-hybridized carbons (Fsp3) is 0.150. The summed E-state index contributed by atoms with van der Waals surface area (Å²) in [5.74, 6) is 0.809. The van der Waals surface area contributed by atoms with E-state index < -0.39 is 10.0 Å². The molecule has 2 N–H and O–H groups in total. The molecule has 0 aliphatic carbocycles. The number of amides is 1. The zero-order chi connectivity index (χ0) is 20.6. The summed E-state index contributed by atoms with van der Waals surface area (Å²) < 4.78 is 36.8. The molecule has 2 rings (SSSR count). The predicted octanol–water partition coefficient (Wildman–Crippen LogP) is 2.82. The van der Waals surface area contributed by atoms with Crippen molar-refractivity contribution in [2.75, 3.05) is 26.1 Å². The van der Waals surface area contributed by atoms with E-state index in [-0.39, 0.29) is 17.3 Å². The van der Waals surface area contributed by atoms with Gasteiger partial charge in [0.05, 0.1) is 19.1 Å². The maximum absolute atomic E-state index is 12.1. The highest BCUT2D eigenvalue weighted by Crippen LogP contribution is 2.28. The molecule has 28 heavy (non-hydrogen) atoms. The van der Waals surface area contributed by atoms with Gasteiger partial charge in [-0.15, -0.1) is 6.58 Å². The van der Waals surface area contributed by atoms with Crippen LogP contribution in [0.4, 0.5) is 5.69 Å². The molecule has 0 aromatic heterocycles. The van der Waals surface area contributed by atoms with Gasteiger partial charge < -0.3 is 14.8 Å². The minimum absolute atomic E-state index is 0.105. The summed E-state index contributed by atoms with van der Waals surface area (Å²) in [5.41, 5.74) is 1.24. The van der Waals surface area contributed by atoms with Gasteiger partial charge in [-0.1, -0.05) is 12.1 Å². The molecule has 0 aliphatic heterocycles. The molecular formula is C20H22N2O5S. The molecule has 0 saturated heterocycles. The second-order valence-electron chi connectivity index (χ2n) is 5.60. The third-order valence-corrected chi connectivity index (χ3v) is 5.12. The average molecular weight is 402 g/mol. The molecule has 0 spiro atoms. The van der Waals surface area contributed by atoms with E-state index >= 15 is 0 Å². The Morgan fingerprint density at radius 2 is 1.75 bits per heavy atom. The fourth-order valence-corrected chi connectivity index (χ4v) is 3.28. The Morgan fingerprint density at radius 1 is 1.07 bits per heavy atom. The van der Waals surface area contributed by atoms with Gasteiger partial charge >= 0.3 is 0 Å². The van der Waals surface area contributed by atoms with E-state index in [9.17, 15) is 13.2 Å². The highest BCUT2D eigenvalue weighted by molar-refractivity contribution is 7.89. The van der Waals surface area contributed by atoms with Crippen LogP contribution in [0.15, 0.2) is 66.1 Å². The van der Waals surface area contributed by atoms with E-state index in [1.54, 1.807) is 31.4 Å². The van der Waals surface area contributed by atoms with Crippen LogP contribution in [-0.2, 0) is 14.8 Å². The lowest BCUT2D eigenvalue weighted by Gasteiger charge is -2.08. The minimum atomic E-state index is -3.60. The number of methoxy groups -OCH3 is 2. The van der Waals surface area contributed by atoms with Gasteiger partial charge in [0.1, 0.15) is 0 Å². The maximum Gasteiger partial charge on any atom is 0.248 e. The van der Waals surface area contributed by atoms with Gasteiger partial charge in [-0.2, -0.15) is 0 Å². The van der Waals surface area contributed by atoms with Crippen LogP contribution in [-0.4, -0.2) is 35.1 Å². The molecule has 0 aliphatic rings. The first-order valence-electron chi connectivity index (χ1n) is 8.31. The van der Waals surface area contributed by atoms with Crippen molar-refractivity contribution in [1.82, 2.24) is 4.72 Å². The van der Waals surface area contributed by atoms with Crippen LogP contribution in [0.1, 0.15) is 5.56 Å². The summed E-state index contributed by atoms with van der Waals surface area (Å²) in [7, 11) is -0.511. The summed E-state index contributed by atoms with van der Waals surface area (Å²) >= 11 is 0. The SMILES string of the molecule is C=CCNS(=O)(=O)c1ccc(NC(=O)C=Cc2ccc(OC)c(OC)c2)cc1. The molecule has 7 nitrogen and oxygen atoms in total. The number of benzene rings is 2. The van der Waals surface area contributed by atoms with E-state index in [2.05, 4.69) is 16.6 Å². The lowest BCUT2D eigenvalue weighted by molar-refractivity contribution is -0.111. The molecule has 0 fully saturated rings. The monoisotopic (exact) mass is 402 g/mol. The first-order valence-corrected chi connectivity index (χ1v) is 9.79. The molecular weight excluding hydrogens is 380 g/mol. The molecule has 148 valence electrons. The van der Waals surface area contributed by atoms with Gasteiger partial charge in [-0.25, -0.2) is 13.1 Å². The molecule has 0 radical (unpaired) electrons. The summed E-state index contributed by atoms with van der Waals surface area (Å²) in [6, 6.07) is 11.2. The molecule has 0 atom stereocenters. The van der Waals surface area contributed by atoms with Gasteiger partial charge in [0.2, 0.25) is 15.9 Å². The van der Waals surface area contributed by atoms with Crippen molar-refractivity contribution in [2.24, 2.45) is 0 Å². The first kappa shape index (κ1) is 21.2. The summed E-state index contributed by atoms with van der Waals surface area (Å²) in [4.78, 5) is 12.2. The van der Waals surface area contributed by atoms with E-state index in [1.807, 2.05) is 0 Å². The lowest BCUT2D eigenvalue weighted by atomic mass is 10.2. The van der Waals surface area contributed by atoms with Gasteiger partial charge in [0.15, 0.2) is 11.5 Å². The molecule has 0 saturated carbocycles. The van der Waals surface area contributed by atoms with E-state index in [1.165, 1.54) is 43.5 Å². The van der Waals surface area contributed by atoms with Gasteiger partial charge in [0, 0.05) is 18.3 Å². The molecule has 2 aromatic rings. The summed E-state index contributed by atoms with van der Waals surface area (Å²) in [6.45, 7) is 3.61. The van der Waals surface area contributed by atoms with Crippen LogP contribution < -0.4 is 19.5 Å². The third kappa shape index (κ3) is 5.70. The van der Waals surface area contributed by atoms with Crippen LogP contribution >= 0.6 is 0 Å². The van der Waals surface area contributed by atoms with Gasteiger partial charge in [0.25, 0.3) is 0 Å². The number of anilines is 1. The Morgan fingerprint density at radius 3 is 2.36 bits per heavy atom. The number of carbonyl (C=O) groups excluding carboxylic acids is 1. The summed E-state index contributed by atoms with van der Waals surface area (Å²) in [6.07, 6.45) is 4.46. The second kappa shape index (κ2) is 9.72. The van der Waals surface area contributed by atoms with Crippen molar-refractivity contribution in [3.05, 3.63) is 66.8 Å². The highest BCUT2D eigenvalue weighted by atomic mass is 32.2. The van der Waals surface area contributed by atoms with Crippen molar-refractivity contribution >= 4 is 27.7 Å². The second-order valence-corrected chi connectivity index (χ2v) is 7.37. The van der Waals surface area contributed by atoms with Crippen LogP contribution in [0.3, 0.4) is 0 Å². The number of carbonyl (C=O) groups is 1. The predicted molar refractivity (Wildman–Crippen MR) is 109 cm³/mol. The Labute approximate surface area is 164 Å².